The molecular weight excluding hydrogens is 538 g/mol. The highest BCUT2D eigenvalue weighted by Crippen LogP contribution is 2.43. The summed E-state index contributed by atoms with van der Waals surface area (Å²) in [6, 6.07) is 50.1. The topological polar surface area (TPSA) is 46.8 Å². The second-order valence-electron chi connectivity index (χ2n) is 10.8. The van der Waals surface area contributed by atoms with Gasteiger partial charge in [0.1, 0.15) is 0 Å². The van der Waals surface area contributed by atoms with Crippen LogP contribution in [0.15, 0.2) is 152 Å². The fraction of sp³-hybridized carbons (Fsp3) is 0.0513. The van der Waals surface area contributed by atoms with Gasteiger partial charge in [0.15, 0.2) is 11.6 Å². The minimum atomic E-state index is 0.601. The molecule has 0 saturated heterocycles. The predicted octanol–water partition coefficient (Wildman–Crippen LogP) is 9.27. The summed E-state index contributed by atoms with van der Waals surface area (Å²) in [6.07, 6.45) is 4.23. The van der Waals surface area contributed by atoms with Gasteiger partial charge in [-0.3, -0.25) is 4.57 Å². The Labute approximate surface area is 256 Å². The molecule has 8 rings (SSSR count). The number of aromatic nitrogens is 4. The number of benzene rings is 5. The lowest BCUT2D eigenvalue weighted by Gasteiger charge is -2.31. The van der Waals surface area contributed by atoms with Crippen molar-refractivity contribution in [3.63, 3.8) is 0 Å². The van der Waals surface area contributed by atoms with Crippen molar-refractivity contribution in [1.82, 2.24) is 19.5 Å². The van der Waals surface area contributed by atoms with Crippen LogP contribution in [0.4, 0.5) is 11.4 Å². The summed E-state index contributed by atoms with van der Waals surface area (Å²) in [5.74, 6) is 1.89. The first-order valence-electron chi connectivity index (χ1n) is 15.0. The van der Waals surface area contributed by atoms with Gasteiger partial charge in [-0.05, 0) is 48.7 Å². The van der Waals surface area contributed by atoms with Gasteiger partial charge in [0.2, 0.25) is 5.95 Å². The molecule has 0 fully saturated rings. The van der Waals surface area contributed by atoms with Gasteiger partial charge in [0.25, 0.3) is 0 Å². The smallest absolute Gasteiger partial charge is 0.238 e. The molecule has 2 heterocycles. The molecule has 1 aliphatic carbocycles. The normalized spacial score (nSPS) is 12.5. The van der Waals surface area contributed by atoms with Gasteiger partial charge in [-0.15, -0.1) is 0 Å². The second kappa shape index (κ2) is 11.1. The molecule has 0 saturated carbocycles. The van der Waals surface area contributed by atoms with Gasteiger partial charge in [0, 0.05) is 27.9 Å². The van der Waals surface area contributed by atoms with E-state index in [4.69, 9.17) is 15.0 Å². The number of allylic oxidation sites excluding steroid dienone is 1. The minimum absolute atomic E-state index is 0.601. The van der Waals surface area contributed by atoms with Gasteiger partial charge >= 0.3 is 0 Å². The van der Waals surface area contributed by atoms with Crippen LogP contribution in [-0.4, -0.2) is 19.5 Å². The Morgan fingerprint density at radius 3 is 1.59 bits per heavy atom. The van der Waals surface area contributed by atoms with Crippen LogP contribution >= 0.6 is 0 Å². The number of anilines is 2. The highest BCUT2D eigenvalue weighted by Gasteiger charge is 2.29. The Kier molecular flexibility index (Phi) is 6.54. The fourth-order valence-corrected chi connectivity index (χ4v) is 6.16. The summed E-state index contributed by atoms with van der Waals surface area (Å²) in [7, 11) is 0. The maximum absolute atomic E-state index is 5.16. The molecule has 1 aliphatic rings. The molecule has 7 aromatic rings. The van der Waals surface area contributed by atoms with Crippen LogP contribution in [0.3, 0.4) is 0 Å². The van der Waals surface area contributed by atoms with Crippen LogP contribution in [0.1, 0.15) is 17.7 Å². The third-order valence-electron chi connectivity index (χ3n) is 8.11. The van der Waals surface area contributed by atoms with Crippen molar-refractivity contribution >= 4 is 28.0 Å². The van der Waals surface area contributed by atoms with E-state index in [9.17, 15) is 0 Å². The molecule has 210 valence electrons. The van der Waals surface area contributed by atoms with Crippen molar-refractivity contribution in [2.24, 2.45) is 0 Å². The Hall–Kier alpha value is -5.81. The van der Waals surface area contributed by atoms with E-state index in [2.05, 4.69) is 125 Å². The predicted molar refractivity (Wildman–Crippen MR) is 179 cm³/mol. The lowest BCUT2D eigenvalue weighted by atomic mass is 9.97. The number of nitrogens with zero attached hydrogens (tertiary/aromatic N) is 5. The molecular formula is C39H29N5. The van der Waals surface area contributed by atoms with Gasteiger partial charge in [-0.2, -0.15) is 9.97 Å². The Morgan fingerprint density at radius 1 is 0.523 bits per heavy atom. The van der Waals surface area contributed by atoms with E-state index in [1.165, 1.54) is 10.9 Å². The first-order valence-corrected chi connectivity index (χ1v) is 15.0. The molecule has 0 radical (unpaired) electrons. The Bertz CT molecular complexity index is 2000. The van der Waals surface area contributed by atoms with E-state index >= 15 is 0 Å². The van der Waals surface area contributed by atoms with Crippen LogP contribution in [0.5, 0.6) is 0 Å². The van der Waals surface area contributed by atoms with E-state index in [-0.39, 0.29) is 0 Å². The molecule has 5 aromatic carbocycles. The van der Waals surface area contributed by atoms with Crippen LogP contribution in [0, 0.1) is 0 Å². The maximum Gasteiger partial charge on any atom is 0.238 e. The molecule has 0 aliphatic heterocycles. The van der Waals surface area contributed by atoms with E-state index in [1.54, 1.807) is 0 Å². The van der Waals surface area contributed by atoms with Crippen molar-refractivity contribution in [2.75, 3.05) is 4.90 Å². The number of aryl methyl sites for hydroxylation is 1. The van der Waals surface area contributed by atoms with E-state index in [0.29, 0.717) is 17.6 Å². The lowest BCUT2D eigenvalue weighted by molar-refractivity contribution is 0.889. The minimum Gasteiger partial charge on any atom is -0.309 e. The van der Waals surface area contributed by atoms with Crippen molar-refractivity contribution in [2.45, 2.75) is 12.8 Å². The summed E-state index contributed by atoms with van der Waals surface area (Å²) < 4.78 is 2.25. The van der Waals surface area contributed by atoms with E-state index in [0.717, 1.165) is 52.3 Å². The monoisotopic (exact) mass is 567 g/mol. The van der Waals surface area contributed by atoms with Crippen LogP contribution in [0.25, 0.3) is 45.3 Å². The fourth-order valence-electron chi connectivity index (χ4n) is 6.16. The quantitative estimate of drug-likeness (QED) is 0.201. The Morgan fingerprint density at radius 2 is 1.02 bits per heavy atom. The van der Waals surface area contributed by atoms with Crippen molar-refractivity contribution in [3.05, 3.63) is 163 Å². The summed E-state index contributed by atoms with van der Waals surface area (Å²) >= 11 is 0. The lowest BCUT2D eigenvalue weighted by Crippen LogP contribution is -2.21. The first-order chi connectivity index (χ1) is 21.8. The number of rotatable bonds is 6. The SMILES string of the molecule is C1=C(N(c2ccccc2)c2ccccc2)c2c(c3ccccc3n2-c2nc(-c3ccccc3)nc(-c3ccccc3)n2)CC1. The summed E-state index contributed by atoms with van der Waals surface area (Å²) in [6.45, 7) is 0. The third-order valence-corrected chi connectivity index (χ3v) is 8.11. The summed E-state index contributed by atoms with van der Waals surface area (Å²) in [5.41, 5.74) is 8.69. The third kappa shape index (κ3) is 4.56. The molecule has 0 spiro atoms. The first kappa shape index (κ1) is 25.9. The van der Waals surface area contributed by atoms with E-state index in [1.807, 2.05) is 36.4 Å². The average Bonchev–Trinajstić information content (AvgIpc) is 3.45. The highest BCUT2D eigenvalue weighted by molar-refractivity contribution is 5.97. The molecule has 5 nitrogen and oxygen atoms in total. The number of fused-ring (bicyclic) bond motifs is 3. The molecule has 0 atom stereocenters. The summed E-state index contributed by atoms with van der Waals surface area (Å²) in [4.78, 5) is 17.6. The van der Waals surface area contributed by atoms with Gasteiger partial charge in [0.05, 0.1) is 16.9 Å². The molecule has 0 N–H and O–H groups in total. The Balaban J connectivity index is 1.42. The molecule has 0 amide bonds. The molecule has 0 unspecified atom stereocenters. The second-order valence-corrected chi connectivity index (χ2v) is 10.8. The van der Waals surface area contributed by atoms with Crippen molar-refractivity contribution in [3.8, 4) is 28.7 Å². The molecule has 5 heteroatoms. The number of hydrogen-bond acceptors (Lipinski definition) is 4. The van der Waals surface area contributed by atoms with Crippen molar-refractivity contribution in [1.29, 1.82) is 0 Å². The van der Waals surface area contributed by atoms with Crippen LogP contribution < -0.4 is 4.90 Å². The highest BCUT2D eigenvalue weighted by atomic mass is 15.2. The van der Waals surface area contributed by atoms with Gasteiger partial charge in [-0.25, -0.2) is 4.98 Å². The largest absolute Gasteiger partial charge is 0.309 e. The van der Waals surface area contributed by atoms with E-state index < -0.39 is 0 Å². The number of para-hydroxylation sites is 3. The zero-order valence-electron chi connectivity index (χ0n) is 24.1. The van der Waals surface area contributed by atoms with Crippen LogP contribution in [0.2, 0.25) is 0 Å². The van der Waals surface area contributed by atoms with Crippen molar-refractivity contribution < 1.29 is 0 Å². The standard InChI is InChI=1S/C39H29N5/c1-5-16-28(17-6-1)37-40-38(29-18-7-2-8-19-29)42-39(41-37)44-34-26-14-13-24-32(34)33-25-15-27-35(36(33)44)43(30-20-9-3-10-21-30)31-22-11-4-12-23-31/h1-14,16-24,26-27H,15,25H2. The average molecular weight is 568 g/mol. The number of hydrogen-bond donors (Lipinski definition) is 0. The summed E-state index contributed by atoms with van der Waals surface area (Å²) in [5, 5.41) is 1.22. The maximum atomic E-state index is 5.16. The van der Waals surface area contributed by atoms with Gasteiger partial charge < -0.3 is 4.90 Å². The molecule has 0 bridgehead atoms. The molecule has 44 heavy (non-hydrogen) atoms. The molecule has 2 aromatic heterocycles. The van der Waals surface area contributed by atoms with Gasteiger partial charge in [-0.1, -0.05) is 121 Å². The van der Waals surface area contributed by atoms with Crippen LogP contribution in [-0.2, 0) is 6.42 Å². The zero-order chi connectivity index (χ0) is 29.3. The zero-order valence-corrected chi connectivity index (χ0v) is 24.1.